The number of carbonyl (C=O) groups excluding carboxylic acids is 1. The van der Waals surface area contributed by atoms with Gasteiger partial charge in [0.2, 0.25) is 5.91 Å². The summed E-state index contributed by atoms with van der Waals surface area (Å²) in [7, 11) is 0. The summed E-state index contributed by atoms with van der Waals surface area (Å²) in [4.78, 5) is 23.8. The number of carboxylic acid groups (broad SMARTS) is 1. The molecule has 4 nitrogen and oxygen atoms in total. The Labute approximate surface area is 90.3 Å². The van der Waals surface area contributed by atoms with Crippen molar-refractivity contribution < 1.29 is 14.7 Å². The first-order valence-electron chi connectivity index (χ1n) is 5.40. The van der Waals surface area contributed by atoms with Crippen molar-refractivity contribution in [1.29, 1.82) is 0 Å². The molecule has 15 heavy (non-hydrogen) atoms. The summed E-state index contributed by atoms with van der Waals surface area (Å²) in [6.45, 7) is 6.63. The molecule has 0 aliphatic carbocycles. The van der Waals surface area contributed by atoms with Crippen LogP contribution in [0.4, 0.5) is 0 Å². The number of hydrogen-bond acceptors (Lipinski definition) is 2. The molecule has 2 atom stereocenters. The second-order valence-electron chi connectivity index (χ2n) is 4.76. The average molecular weight is 213 g/mol. The third kappa shape index (κ3) is 2.94. The van der Waals surface area contributed by atoms with Crippen LogP contribution in [0.3, 0.4) is 0 Å². The van der Waals surface area contributed by atoms with E-state index >= 15 is 0 Å². The van der Waals surface area contributed by atoms with Crippen molar-refractivity contribution >= 4 is 11.9 Å². The number of nitrogens with zero attached hydrogens (tertiary/aromatic N) is 1. The van der Waals surface area contributed by atoms with Crippen LogP contribution in [0.1, 0.15) is 27.2 Å². The van der Waals surface area contributed by atoms with Gasteiger partial charge in [-0.3, -0.25) is 9.59 Å². The molecule has 0 bridgehead atoms. The molecule has 86 valence electrons. The highest BCUT2D eigenvalue weighted by atomic mass is 16.4. The van der Waals surface area contributed by atoms with Gasteiger partial charge in [0.25, 0.3) is 0 Å². The SMILES string of the molecule is CC(=O)N1C[C@@H](CC(C)C)[C@H](C(=O)O)C1. The van der Waals surface area contributed by atoms with Crippen LogP contribution in [0.5, 0.6) is 0 Å². The van der Waals surface area contributed by atoms with Crippen LogP contribution in [0.15, 0.2) is 0 Å². The van der Waals surface area contributed by atoms with Crippen molar-refractivity contribution in [3.05, 3.63) is 0 Å². The highest BCUT2D eigenvalue weighted by molar-refractivity contribution is 5.77. The molecule has 1 N–H and O–H groups in total. The van der Waals surface area contributed by atoms with Gasteiger partial charge in [-0.25, -0.2) is 0 Å². The molecule has 1 heterocycles. The Kier molecular flexibility index (Phi) is 3.72. The summed E-state index contributed by atoms with van der Waals surface area (Å²) in [6.07, 6.45) is 0.876. The van der Waals surface area contributed by atoms with Gasteiger partial charge in [-0.2, -0.15) is 0 Å². The Morgan fingerprint density at radius 3 is 2.40 bits per heavy atom. The zero-order chi connectivity index (χ0) is 11.6. The maximum atomic E-state index is 11.2. The average Bonchev–Trinajstić information content (AvgIpc) is 2.46. The molecule has 1 saturated heterocycles. The number of likely N-dealkylation sites (tertiary alicyclic amines) is 1. The Hall–Kier alpha value is -1.06. The number of hydrogen-bond donors (Lipinski definition) is 1. The zero-order valence-electron chi connectivity index (χ0n) is 9.56. The van der Waals surface area contributed by atoms with Gasteiger partial charge < -0.3 is 10.0 Å². The van der Waals surface area contributed by atoms with Crippen LogP contribution in [-0.4, -0.2) is 35.0 Å². The van der Waals surface area contributed by atoms with Gasteiger partial charge in [0.15, 0.2) is 0 Å². The van der Waals surface area contributed by atoms with Crippen LogP contribution in [0.25, 0.3) is 0 Å². The fourth-order valence-corrected chi connectivity index (χ4v) is 2.25. The molecule has 0 aromatic heterocycles. The Morgan fingerprint density at radius 1 is 1.40 bits per heavy atom. The molecule has 1 fully saturated rings. The lowest BCUT2D eigenvalue weighted by Crippen LogP contribution is -2.27. The van der Waals surface area contributed by atoms with E-state index in [1.165, 1.54) is 6.92 Å². The summed E-state index contributed by atoms with van der Waals surface area (Å²) in [5, 5.41) is 9.06. The van der Waals surface area contributed by atoms with Gasteiger partial charge in [0.1, 0.15) is 0 Å². The van der Waals surface area contributed by atoms with Crippen molar-refractivity contribution in [2.24, 2.45) is 17.8 Å². The van der Waals surface area contributed by atoms with Crippen LogP contribution >= 0.6 is 0 Å². The van der Waals surface area contributed by atoms with Crippen molar-refractivity contribution in [2.45, 2.75) is 27.2 Å². The number of amides is 1. The monoisotopic (exact) mass is 213 g/mol. The fourth-order valence-electron chi connectivity index (χ4n) is 2.25. The number of carboxylic acids is 1. The smallest absolute Gasteiger partial charge is 0.308 e. The number of aliphatic carboxylic acids is 1. The Bertz CT molecular complexity index is 263. The van der Waals surface area contributed by atoms with Gasteiger partial charge in [-0.05, 0) is 18.3 Å². The van der Waals surface area contributed by atoms with Crippen LogP contribution in [0.2, 0.25) is 0 Å². The summed E-state index contributed by atoms with van der Waals surface area (Å²) >= 11 is 0. The quantitative estimate of drug-likeness (QED) is 0.766. The highest BCUT2D eigenvalue weighted by Crippen LogP contribution is 2.29. The number of carbonyl (C=O) groups is 2. The van der Waals surface area contributed by atoms with Crippen LogP contribution in [-0.2, 0) is 9.59 Å². The van der Waals surface area contributed by atoms with Crippen molar-refractivity contribution in [1.82, 2.24) is 4.90 Å². The summed E-state index contributed by atoms with van der Waals surface area (Å²) in [6, 6.07) is 0. The molecule has 0 spiro atoms. The van der Waals surface area contributed by atoms with Gasteiger partial charge >= 0.3 is 5.97 Å². The van der Waals surface area contributed by atoms with E-state index in [0.717, 1.165) is 6.42 Å². The molecule has 1 aliphatic rings. The van der Waals surface area contributed by atoms with E-state index in [1.54, 1.807) is 4.90 Å². The molecule has 1 aliphatic heterocycles. The molecule has 0 radical (unpaired) electrons. The summed E-state index contributed by atoms with van der Waals surface area (Å²) < 4.78 is 0. The van der Waals surface area contributed by atoms with E-state index in [0.29, 0.717) is 19.0 Å². The molecular weight excluding hydrogens is 194 g/mol. The minimum Gasteiger partial charge on any atom is -0.481 e. The molecule has 0 unspecified atom stereocenters. The lowest BCUT2D eigenvalue weighted by molar-refractivity contribution is -0.142. The first-order chi connectivity index (χ1) is 6.91. The van der Waals surface area contributed by atoms with Crippen LogP contribution < -0.4 is 0 Å². The second kappa shape index (κ2) is 4.64. The minimum absolute atomic E-state index is 0.0208. The molecule has 0 aromatic carbocycles. The lowest BCUT2D eigenvalue weighted by Gasteiger charge is -2.16. The number of rotatable bonds is 3. The molecule has 0 aromatic rings. The Morgan fingerprint density at radius 2 is 2.00 bits per heavy atom. The second-order valence-corrected chi connectivity index (χ2v) is 4.76. The highest BCUT2D eigenvalue weighted by Gasteiger charge is 2.38. The van der Waals surface area contributed by atoms with Crippen molar-refractivity contribution in [3.63, 3.8) is 0 Å². The summed E-state index contributed by atoms with van der Waals surface area (Å²) in [5.74, 6) is -0.580. The van der Waals surface area contributed by atoms with E-state index in [-0.39, 0.29) is 17.7 Å². The summed E-state index contributed by atoms with van der Waals surface area (Å²) in [5.41, 5.74) is 0. The van der Waals surface area contributed by atoms with E-state index in [2.05, 4.69) is 13.8 Å². The molecule has 4 heteroatoms. The fraction of sp³-hybridized carbons (Fsp3) is 0.818. The maximum absolute atomic E-state index is 11.2. The van der Waals surface area contributed by atoms with Gasteiger partial charge in [-0.15, -0.1) is 0 Å². The van der Waals surface area contributed by atoms with Crippen molar-refractivity contribution in [3.8, 4) is 0 Å². The lowest BCUT2D eigenvalue weighted by atomic mass is 9.88. The van der Waals surface area contributed by atoms with E-state index in [4.69, 9.17) is 5.11 Å². The first kappa shape index (κ1) is 12.0. The topological polar surface area (TPSA) is 57.6 Å². The molecule has 0 saturated carbocycles. The maximum Gasteiger partial charge on any atom is 0.308 e. The van der Waals surface area contributed by atoms with Gasteiger partial charge in [0.05, 0.1) is 5.92 Å². The normalized spacial score (nSPS) is 26.0. The minimum atomic E-state index is -0.774. The van der Waals surface area contributed by atoms with Crippen molar-refractivity contribution in [2.75, 3.05) is 13.1 Å². The molecule has 1 rings (SSSR count). The van der Waals surface area contributed by atoms with E-state index in [9.17, 15) is 9.59 Å². The van der Waals surface area contributed by atoms with Gasteiger partial charge in [-0.1, -0.05) is 13.8 Å². The van der Waals surface area contributed by atoms with E-state index in [1.807, 2.05) is 0 Å². The third-order valence-electron chi connectivity index (χ3n) is 2.98. The standard InChI is InChI=1S/C11H19NO3/c1-7(2)4-9-5-12(8(3)13)6-10(9)11(14)15/h7,9-10H,4-6H2,1-3H3,(H,14,15)/t9-,10-/m1/s1. The molecule has 1 amide bonds. The molecular formula is C11H19NO3. The first-order valence-corrected chi connectivity index (χ1v) is 5.40. The predicted molar refractivity (Wildman–Crippen MR) is 56.3 cm³/mol. The zero-order valence-corrected chi connectivity index (χ0v) is 9.56. The third-order valence-corrected chi connectivity index (χ3v) is 2.98. The largest absolute Gasteiger partial charge is 0.481 e. The Balaban J connectivity index is 2.67. The van der Waals surface area contributed by atoms with Gasteiger partial charge in [0, 0.05) is 20.0 Å². The predicted octanol–water partition coefficient (Wildman–Crippen LogP) is 1.21. The van der Waals surface area contributed by atoms with Crippen LogP contribution in [0, 0.1) is 17.8 Å². The van der Waals surface area contributed by atoms with E-state index < -0.39 is 5.97 Å².